The molecule has 0 bridgehead atoms. The van der Waals surface area contributed by atoms with Crippen LogP contribution in [0.3, 0.4) is 0 Å². The fraction of sp³-hybridized carbons (Fsp3) is 0.0588. The van der Waals surface area contributed by atoms with Crippen molar-refractivity contribution in [3.8, 4) is 5.75 Å². The maximum atomic E-state index is 12.7. The van der Waals surface area contributed by atoms with Crippen molar-refractivity contribution >= 4 is 69.6 Å². The molecule has 0 unspecified atom stereocenters. The molecule has 2 amide bonds. The van der Waals surface area contributed by atoms with Crippen LogP contribution < -0.4 is 15.0 Å². The highest BCUT2D eigenvalue weighted by Gasteiger charge is 2.40. The Morgan fingerprint density at radius 3 is 2.31 bits per heavy atom. The second-order valence-electron chi connectivity index (χ2n) is 5.20. The third-order valence-electron chi connectivity index (χ3n) is 3.60. The summed E-state index contributed by atoms with van der Waals surface area (Å²) in [7, 11) is 1.49. The van der Waals surface area contributed by atoms with E-state index in [4.69, 9.17) is 51.1 Å². The molecule has 0 fully saturated rings. The summed E-state index contributed by atoms with van der Waals surface area (Å²) < 4.78 is 5.07. The zero-order valence-electron chi connectivity index (χ0n) is 13.1. The van der Waals surface area contributed by atoms with Gasteiger partial charge in [0.2, 0.25) is 0 Å². The molecule has 0 aromatic heterocycles. The molecule has 1 N–H and O–H groups in total. The first kappa shape index (κ1) is 18.9. The van der Waals surface area contributed by atoms with E-state index in [1.807, 2.05) is 0 Å². The predicted molar refractivity (Wildman–Crippen MR) is 103 cm³/mol. The standard InChI is InChI=1S/C17H10Cl4N2O3/c1-26-13-5-3-9(7-11(13)20)22-15-14(21)16(24)23(17(15)25)12-6-8(18)2-4-10(12)19/h2-7,22H,1H3. The molecule has 2 aromatic carbocycles. The minimum atomic E-state index is -0.706. The minimum absolute atomic E-state index is 0.0889. The topological polar surface area (TPSA) is 58.6 Å². The van der Waals surface area contributed by atoms with Gasteiger partial charge in [-0.05, 0) is 36.4 Å². The molecule has 1 heterocycles. The van der Waals surface area contributed by atoms with Gasteiger partial charge in [0, 0.05) is 10.7 Å². The highest BCUT2D eigenvalue weighted by atomic mass is 35.5. The van der Waals surface area contributed by atoms with E-state index < -0.39 is 11.8 Å². The summed E-state index contributed by atoms with van der Waals surface area (Å²) in [4.78, 5) is 26.1. The number of methoxy groups -OCH3 is 1. The lowest BCUT2D eigenvalue weighted by atomic mass is 10.2. The number of ether oxygens (including phenoxy) is 1. The van der Waals surface area contributed by atoms with Gasteiger partial charge in [0.15, 0.2) is 0 Å². The summed E-state index contributed by atoms with van der Waals surface area (Å²) in [5, 5.41) is 3.40. The fourth-order valence-electron chi connectivity index (χ4n) is 2.38. The molecule has 134 valence electrons. The van der Waals surface area contributed by atoms with Crippen LogP contribution in [0.5, 0.6) is 5.75 Å². The number of imide groups is 1. The quantitative estimate of drug-likeness (QED) is 0.684. The maximum Gasteiger partial charge on any atom is 0.283 e. The van der Waals surface area contributed by atoms with Crippen molar-refractivity contribution in [2.45, 2.75) is 0 Å². The summed E-state index contributed by atoms with van der Waals surface area (Å²) >= 11 is 24.2. The number of carbonyl (C=O) groups is 2. The van der Waals surface area contributed by atoms with Crippen LogP contribution in [-0.2, 0) is 9.59 Å². The number of nitrogens with zero attached hydrogens (tertiary/aromatic N) is 1. The van der Waals surface area contributed by atoms with Gasteiger partial charge in [-0.15, -0.1) is 0 Å². The van der Waals surface area contributed by atoms with Crippen molar-refractivity contribution in [3.63, 3.8) is 0 Å². The zero-order valence-corrected chi connectivity index (χ0v) is 16.2. The Bertz CT molecular complexity index is 959. The third-order valence-corrected chi connectivity index (χ3v) is 4.80. The normalized spacial score (nSPS) is 14.3. The van der Waals surface area contributed by atoms with E-state index in [2.05, 4.69) is 5.32 Å². The molecule has 0 atom stereocenters. The van der Waals surface area contributed by atoms with Gasteiger partial charge in [0.25, 0.3) is 11.8 Å². The van der Waals surface area contributed by atoms with Gasteiger partial charge in [-0.1, -0.05) is 46.4 Å². The van der Waals surface area contributed by atoms with E-state index >= 15 is 0 Å². The molecule has 26 heavy (non-hydrogen) atoms. The largest absolute Gasteiger partial charge is 0.495 e. The molecule has 1 aliphatic rings. The van der Waals surface area contributed by atoms with Gasteiger partial charge in [-0.2, -0.15) is 0 Å². The molecule has 0 saturated carbocycles. The van der Waals surface area contributed by atoms with Crippen molar-refractivity contribution in [1.29, 1.82) is 0 Å². The number of benzene rings is 2. The van der Waals surface area contributed by atoms with Gasteiger partial charge in [0.1, 0.15) is 16.5 Å². The molecule has 0 aliphatic carbocycles. The lowest BCUT2D eigenvalue weighted by molar-refractivity contribution is -0.120. The fourth-order valence-corrected chi connectivity index (χ4v) is 3.21. The van der Waals surface area contributed by atoms with Crippen LogP contribution in [0.15, 0.2) is 47.1 Å². The van der Waals surface area contributed by atoms with E-state index in [0.29, 0.717) is 21.5 Å². The number of anilines is 2. The van der Waals surface area contributed by atoms with E-state index in [-0.39, 0.29) is 21.4 Å². The van der Waals surface area contributed by atoms with Crippen LogP contribution >= 0.6 is 46.4 Å². The smallest absolute Gasteiger partial charge is 0.283 e. The van der Waals surface area contributed by atoms with Gasteiger partial charge in [-0.25, -0.2) is 4.90 Å². The van der Waals surface area contributed by atoms with Crippen LogP contribution in [0.2, 0.25) is 15.1 Å². The highest BCUT2D eigenvalue weighted by molar-refractivity contribution is 6.54. The lowest BCUT2D eigenvalue weighted by Crippen LogP contribution is -2.32. The third kappa shape index (κ3) is 3.35. The number of carbonyl (C=O) groups excluding carboxylic acids is 2. The van der Waals surface area contributed by atoms with Gasteiger partial charge in [-0.3, -0.25) is 9.59 Å². The van der Waals surface area contributed by atoms with Gasteiger partial charge < -0.3 is 10.1 Å². The number of nitrogens with one attached hydrogen (secondary N) is 1. The van der Waals surface area contributed by atoms with E-state index in [1.165, 1.54) is 19.2 Å². The van der Waals surface area contributed by atoms with Crippen molar-refractivity contribution in [1.82, 2.24) is 0 Å². The van der Waals surface area contributed by atoms with Crippen LogP contribution in [0.1, 0.15) is 0 Å². The Balaban J connectivity index is 1.94. The summed E-state index contributed by atoms with van der Waals surface area (Å²) in [6, 6.07) is 9.25. The number of hydrogen-bond acceptors (Lipinski definition) is 4. The van der Waals surface area contributed by atoms with Gasteiger partial charge >= 0.3 is 0 Å². The molecule has 2 aromatic rings. The molecule has 0 spiro atoms. The first-order chi connectivity index (χ1) is 12.3. The van der Waals surface area contributed by atoms with E-state index in [0.717, 1.165) is 4.90 Å². The van der Waals surface area contributed by atoms with Crippen LogP contribution in [0.25, 0.3) is 0 Å². The summed E-state index contributed by atoms with van der Waals surface area (Å²) in [6.07, 6.45) is 0. The van der Waals surface area contributed by atoms with Crippen LogP contribution in [0.4, 0.5) is 11.4 Å². The molecule has 3 rings (SSSR count). The highest BCUT2D eigenvalue weighted by Crippen LogP contribution is 2.36. The average Bonchev–Trinajstić information content (AvgIpc) is 2.81. The number of rotatable bonds is 4. The van der Waals surface area contributed by atoms with Gasteiger partial charge in [0.05, 0.1) is 22.8 Å². The number of hydrogen-bond donors (Lipinski definition) is 1. The van der Waals surface area contributed by atoms with Crippen molar-refractivity contribution in [2.24, 2.45) is 0 Å². The Kier molecular flexibility index (Phi) is 5.34. The molecular weight excluding hydrogens is 422 g/mol. The van der Waals surface area contributed by atoms with Crippen molar-refractivity contribution in [3.05, 3.63) is 62.2 Å². The molecule has 1 aliphatic heterocycles. The lowest BCUT2D eigenvalue weighted by Gasteiger charge is -2.17. The first-order valence-corrected chi connectivity index (χ1v) is 8.69. The molecular formula is C17H10Cl4N2O3. The zero-order chi connectivity index (χ0) is 19.0. The maximum absolute atomic E-state index is 12.7. The van der Waals surface area contributed by atoms with Crippen LogP contribution in [0, 0.1) is 0 Å². The average molecular weight is 432 g/mol. The molecule has 0 radical (unpaired) electrons. The SMILES string of the molecule is COc1ccc(NC2=C(Cl)C(=O)N(c3cc(Cl)ccc3Cl)C2=O)cc1Cl. The Morgan fingerprint density at radius 1 is 0.923 bits per heavy atom. The molecule has 5 nitrogen and oxygen atoms in total. The number of amides is 2. The minimum Gasteiger partial charge on any atom is -0.495 e. The Hall–Kier alpha value is -1.92. The second-order valence-corrected chi connectivity index (χ2v) is 6.83. The second kappa shape index (κ2) is 7.37. The van der Waals surface area contributed by atoms with E-state index in [9.17, 15) is 9.59 Å². The molecule has 0 saturated heterocycles. The Morgan fingerprint density at radius 2 is 1.65 bits per heavy atom. The van der Waals surface area contributed by atoms with Crippen LogP contribution in [-0.4, -0.2) is 18.9 Å². The predicted octanol–water partition coefficient (Wildman–Crippen LogP) is 5.09. The van der Waals surface area contributed by atoms with E-state index in [1.54, 1.807) is 24.3 Å². The monoisotopic (exact) mass is 430 g/mol. The number of halogens is 4. The Labute approximate surface area is 169 Å². The summed E-state index contributed by atoms with van der Waals surface area (Å²) in [5.41, 5.74) is 0.523. The van der Waals surface area contributed by atoms with Crippen molar-refractivity contribution < 1.29 is 14.3 Å². The summed E-state index contributed by atoms with van der Waals surface area (Å²) in [5.74, 6) is -0.891. The van der Waals surface area contributed by atoms with Crippen molar-refractivity contribution in [2.75, 3.05) is 17.3 Å². The summed E-state index contributed by atoms with van der Waals surface area (Å²) in [6.45, 7) is 0. The molecule has 9 heteroatoms. The first-order valence-electron chi connectivity index (χ1n) is 7.17.